The molecule has 13 aromatic rings. The maximum Gasteiger partial charge on any atom is 0.0462 e. The highest BCUT2D eigenvalue weighted by Gasteiger charge is 2.23. The normalized spacial score (nSPS) is 12.6. The molecule has 3 heteroatoms. The van der Waals surface area contributed by atoms with E-state index in [0.29, 0.717) is 0 Å². The topological polar surface area (TPSA) is 29.0 Å². The van der Waals surface area contributed by atoms with Crippen molar-refractivity contribution in [1.29, 1.82) is 0 Å². The zero-order valence-electron chi connectivity index (χ0n) is 45.2. The van der Waals surface area contributed by atoms with Crippen molar-refractivity contribution < 1.29 is 0 Å². The van der Waals surface area contributed by atoms with Crippen LogP contribution < -0.4 is 4.90 Å². The van der Waals surface area contributed by atoms with Gasteiger partial charge in [-0.25, -0.2) is 0 Å². The monoisotopic (exact) mass is 1040 g/mol. The fourth-order valence-electron chi connectivity index (χ4n) is 12.5. The summed E-state index contributed by atoms with van der Waals surface area (Å²) < 4.78 is 0. The number of nitrogens with zero attached hydrogens (tertiary/aromatic N) is 3. The van der Waals surface area contributed by atoms with Crippen LogP contribution in [0.3, 0.4) is 0 Å². The summed E-state index contributed by atoms with van der Waals surface area (Å²) in [6.45, 7) is 2.26. The van der Waals surface area contributed by atoms with Crippen LogP contribution in [0.5, 0.6) is 0 Å². The lowest BCUT2D eigenvalue weighted by molar-refractivity contribution is 1.28. The Morgan fingerprint density at radius 3 is 1.27 bits per heavy atom. The molecule has 2 aliphatic rings. The Morgan fingerprint density at radius 1 is 0.293 bits per heavy atom. The Kier molecular flexibility index (Phi) is 12.1. The number of pyridine rings is 2. The van der Waals surface area contributed by atoms with Crippen molar-refractivity contribution in [2.45, 2.75) is 6.92 Å². The van der Waals surface area contributed by atoms with Gasteiger partial charge in [0.25, 0.3) is 0 Å². The Morgan fingerprint density at radius 2 is 0.720 bits per heavy atom. The summed E-state index contributed by atoms with van der Waals surface area (Å²) in [5, 5.41) is 2.62. The zero-order valence-corrected chi connectivity index (χ0v) is 45.2. The summed E-state index contributed by atoms with van der Waals surface area (Å²) in [7, 11) is 0. The van der Waals surface area contributed by atoms with Crippen molar-refractivity contribution >= 4 is 39.5 Å². The van der Waals surface area contributed by atoms with Crippen molar-refractivity contribution in [1.82, 2.24) is 9.97 Å². The van der Waals surface area contributed by atoms with E-state index in [4.69, 9.17) is 0 Å². The molecule has 2 aliphatic carbocycles. The number of aromatic nitrogens is 2. The third-order valence-corrected chi connectivity index (χ3v) is 16.7. The van der Waals surface area contributed by atoms with Crippen LogP contribution in [0.15, 0.2) is 298 Å². The van der Waals surface area contributed by atoms with Gasteiger partial charge >= 0.3 is 0 Å². The summed E-state index contributed by atoms with van der Waals surface area (Å²) in [6.07, 6.45) is 14.2. The van der Waals surface area contributed by atoms with E-state index in [1.807, 2.05) is 36.9 Å². The van der Waals surface area contributed by atoms with Gasteiger partial charge in [0.1, 0.15) is 0 Å². The minimum Gasteiger partial charge on any atom is -0.311 e. The first-order valence-corrected chi connectivity index (χ1v) is 28.1. The molecule has 0 amide bonds. The Balaban J connectivity index is 0.813. The minimum atomic E-state index is 1.06. The Labute approximate surface area is 478 Å². The molecule has 3 nitrogen and oxygen atoms in total. The first kappa shape index (κ1) is 48.4. The second-order valence-electron chi connectivity index (χ2n) is 21.4. The lowest BCUT2D eigenvalue weighted by atomic mass is 9.88. The van der Waals surface area contributed by atoms with Crippen LogP contribution in [-0.2, 0) is 0 Å². The molecule has 0 saturated carbocycles. The Bertz CT molecular complexity index is 4500. The van der Waals surface area contributed by atoms with Crippen molar-refractivity contribution in [2.24, 2.45) is 0 Å². The maximum absolute atomic E-state index is 4.38. The van der Waals surface area contributed by atoms with Gasteiger partial charge in [0.05, 0.1) is 0 Å². The first-order chi connectivity index (χ1) is 40.6. The van der Waals surface area contributed by atoms with E-state index < -0.39 is 0 Å². The van der Waals surface area contributed by atoms with Crippen molar-refractivity contribution in [3.8, 4) is 100 Å². The molecule has 82 heavy (non-hydrogen) atoms. The number of benzene rings is 11. The van der Waals surface area contributed by atoms with E-state index in [1.54, 1.807) is 0 Å². The SMILES string of the molecule is Cc1c2cccc1-c1ccccc1C=C/C=C\2c1ccc(-c2cc(-c3ccc(-c4ccc5c6c(cccc46)-c4ccccc4-5)cc3)cc(-c3ccc(N(c4ccc(-c5cccnc5)cc4)c4ccc(-c5cccnc5)cc4)cc3)c2)cc1. The van der Waals surface area contributed by atoms with Crippen LogP contribution in [0.2, 0.25) is 0 Å². The summed E-state index contributed by atoms with van der Waals surface area (Å²) in [4.78, 5) is 11.1. The highest BCUT2D eigenvalue weighted by molar-refractivity contribution is 6.18. The number of allylic oxidation sites excluding steroid dienone is 2. The van der Waals surface area contributed by atoms with Crippen LogP contribution in [0.4, 0.5) is 17.1 Å². The highest BCUT2D eigenvalue weighted by atomic mass is 15.1. The van der Waals surface area contributed by atoms with Crippen LogP contribution >= 0.6 is 0 Å². The number of anilines is 3. The summed E-state index contributed by atoms with van der Waals surface area (Å²) in [5.41, 5.74) is 30.8. The van der Waals surface area contributed by atoms with Crippen molar-refractivity contribution in [2.75, 3.05) is 4.90 Å². The van der Waals surface area contributed by atoms with Gasteiger partial charge in [-0.1, -0.05) is 212 Å². The van der Waals surface area contributed by atoms with Crippen LogP contribution in [-0.4, -0.2) is 9.97 Å². The molecule has 0 aliphatic heterocycles. The lowest BCUT2D eigenvalue weighted by Crippen LogP contribution is -2.09. The highest BCUT2D eigenvalue weighted by Crippen LogP contribution is 2.50. The minimum absolute atomic E-state index is 1.06. The van der Waals surface area contributed by atoms with Crippen LogP contribution in [0.1, 0.15) is 22.3 Å². The first-order valence-electron chi connectivity index (χ1n) is 28.1. The van der Waals surface area contributed by atoms with Gasteiger partial charge in [-0.2, -0.15) is 0 Å². The summed E-state index contributed by atoms with van der Waals surface area (Å²) in [5.74, 6) is 0. The molecule has 2 aromatic heterocycles. The maximum atomic E-state index is 4.38. The lowest BCUT2D eigenvalue weighted by Gasteiger charge is -2.26. The standard InChI is InChI=1S/C79H53N3/c1-52-69-18-7-19-70(52)72(20-6-12-58-11-2-3-15-71(58)69)59-27-23-55(24-28-59)63-47-64(56-25-29-60(30-26-56)73-43-44-78-75-17-5-4-16-74(75)77-22-8-21-76(73)79(77)78)49-65(48-63)57-35-41-68(42-36-57)82(66-37-31-53(32-38-66)61-13-9-45-80-50-61)67-39-33-54(34-40-67)62-14-10-46-81-51-62/h2-51H,1H3/b12-6?,72-20-. The van der Waals surface area contributed by atoms with E-state index in [-0.39, 0.29) is 0 Å². The van der Waals surface area contributed by atoms with Gasteiger partial charge in [-0.05, 0) is 212 Å². The van der Waals surface area contributed by atoms with Gasteiger partial charge in [-0.15, -0.1) is 0 Å². The molecule has 0 radical (unpaired) electrons. The van der Waals surface area contributed by atoms with E-state index >= 15 is 0 Å². The average Bonchev–Trinajstić information content (AvgIpc) is 4.12. The molecule has 2 heterocycles. The third-order valence-electron chi connectivity index (χ3n) is 16.7. The van der Waals surface area contributed by atoms with Gasteiger partial charge in [-0.3, -0.25) is 9.97 Å². The molecular weight excluding hydrogens is 991 g/mol. The molecule has 2 bridgehead atoms. The van der Waals surface area contributed by atoms with Gasteiger partial charge < -0.3 is 4.90 Å². The third kappa shape index (κ3) is 8.73. The molecular formula is C79H53N3. The van der Waals surface area contributed by atoms with Crippen LogP contribution in [0, 0.1) is 6.92 Å². The molecule has 0 spiro atoms. The fraction of sp³-hybridized carbons (Fsp3) is 0.0127. The molecule has 384 valence electrons. The molecule has 0 atom stereocenters. The fourth-order valence-corrected chi connectivity index (χ4v) is 12.5. The van der Waals surface area contributed by atoms with E-state index in [1.165, 1.54) is 83.1 Å². The van der Waals surface area contributed by atoms with Gasteiger partial charge in [0, 0.05) is 41.8 Å². The largest absolute Gasteiger partial charge is 0.311 e. The molecule has 0 unspecified atom stereocenters. The molecule has 11 aromatic carbocycles. The van der Waals surface area contributed by atoms with E-state index in [2.05, 4.69) is 289 Å². The predicted octanol–water partition coefficient (Wildman–Crippen LogP) is 21.2. The number of rotatable bonds is 10. The number of hydrogen-bond donors (Lipinski definition) is 0. The smallest absolute Gasteiger partial charge is 0.0462 e. The van der Waals surface area contributed by atoms with Crippen LogP contribution in [0.25, 0.3) is 123 Å². The number of fused-ring (bicyclic) bond motifs is 7. The second kappa shape index (κ2) is 20.5. The zero-order chi connectivity index (χ0) is 54.5. The second-order valence-corrected chi connectivity index (χ2v) is 21.4. The molecule has 0 N–H and O–H groups in total. The van der Waals surface area contributed by atoms with Crippen molar-refractivity contribution in [3.05, 3.63) is 320 Å². The van der Waals surface area contributed by atoms with Crippen molar-refractivity contribution in [3.63, 3.8) is 0 Å². The van der Waals surface area contributed by atoms with Gasteiger partial charge in [0.2, 0.25) is 0 Å². The average molecular weight is 1040 g/mol. The number of hydrogen-bond acceptors (Lipinski definition) is 3. The predicted molar refractivity (Wildman–Crippen MR) is 344 cm³/mol. The molecule has 0 fully saturated rings. The summed E-state index contributed by atoms with van der Waals surface area (Å²) in [6, 6.07) is 95.7. The van der Waals surface area contributed by atoms with E-state index in [0.717, 1.165) is 72.7 Å². The summed E-state index contributed by atoms with van der Waals surface area (Å²) >= 11 is 0. The molecule has 15 rings (SSSR count). The quantitative estimate of drug-likeness (QED) is 0.137. The Hall–Kier alpha value is -10.7. The van der Waals surface area contributed by atoms with E-state index in [9.17, 15) is 0 Å². The van der Waals surface area contributed by atoms with Gasteiger partial charge in [0.15, 0.2) is 0 Å². The molecule has 0 saturated heterocycles.